The van der Waals surface area contributed by atoms with Crippen molar-refractivity contribution in [1.29, 1.82) is 0 Å². The maximum atomic E-state index is 3.50. The number of likely N-dealkylation sites (N-methyl/N-ethyl adjacent to an activating group) is 1. The fraction of sp³-hybridized carbons (Fsp3) is 0.538. The first-order valence-corrected chi connectivity index (χ1v) is 6.57. The van der Waals surface area contributed by atoms with E-state index in [2.05, 4.69) is 65.2 Å². The fourth-order valence-electron chi connectivity index (χ4n) is 1.48. The summed E-state index contributed by atoms with van der Waals surface area (Å²) in [4.78, 5) is 2.31. The van der Waals surface area contributed by atoms with E-state index in [4.69, 9.17) is 0 Å². The average Bonchev–Trinajstić information content (AvgIpc) is 2.28. The van der Waals surface area contributed by atoms with Crippen molar-refractivity contribution >= 4 is 15.9 Å². The summed E-state index contributed by atoms with van der Waals surface area (Å²) in [6.07, 6.45) is 0. The largest absolute Gasteiger partial charge is 0.311 e. The van der Waals surface area contributed by atoms with E-state index >= 15 is 0 Å². The first-order valence-electron chi connectivity index (χ1n) is 5.77. The molecule has 1 aromatic carbocycles. The molecule has 0 amide bonds. The van der Waals surface area contributed by atoms with Crippen molar-refractivity contribution in [3.8, 4) is 0 Å². The van der Waals surface area contributed by atoms with Gasteiger partial charge in [0.05, 0.1) is 0 Å². The molecule has 0 unspecified atom stereocenters. The van der Waals surface area contributed by atoms with E-state index in [1.54, 1.807) is 0 Å². The summed E-state index contributed by atoms with van der Waals surface area (Å²) >= 11 is 3.50. The molecule has 0 atom stereocenters. The Morgan fingerprint density at radius 1 is 1.38 bits per heavy atom. The summed E-state index contributed by atoms with van der Waals surface area (Å²) < 4.78 is 1.15. The van der Waals surface area contributed by atoms with Crippen molar-refractivity contribution in [2.75, 3.05) is 26.7 Å². The maximum absolute atomic E-state index is 3.50. The highest BCUT2D eigenvalue weighted by Crippen LogP contribution is 2.15. The standard InChI is InChI=1S/C13H21BrN2/c1-4-16(3)8-7-15-10-12-9-13(14)6-5-11(12)2/h5-6,9,15H,4,7-8,10H2,1-3H3. The van der Waals surface area contributed by atoms with Gasteiger partial charge in [-0.05, 0) is 43.8 Å². The van der Waals surface area contributed by atoms with Gasteiger partial charge in [0.15, 0.2) is 0 Å². The van der Waals surface area contributed by atoms with Crippen molar-refractivity contribution in [3.63, 3.8) is 0 Å². The molecule has 1 N–H and O–H groups in total. The molecule has 3 heteroatoms. The first-order chi connectivity index (χ1) is 7.63. The molecule has 0 spiro atoms. The van der Waals surface area contributed by atoms with Crippen molar-refractivity contribution in [1.82, 2.24) is 10.2 Å². The predicted octanol–water partition coefficient (Wildman–Crippen LogP) is 2.80. The molecule has 0 saturated heterocycles. The quantitative estimate of drug-likeness (QED) is 0.809. The lowest BCUT2D eigenvalue weighted by molar-refractivity contribution is 0.349. The molecule has 0 saturated carbocycles. The molecular weight excluding hydrogens is 264 g/mol. The molecule has 0 fully saturated rings. The Morgan fingerprint density at radius 2 is 2.12 bits per heavy atom. The monoisotopic (exact) mass is 284 g/mol. The molecule has 0 aliphatic rings. The Bertz CT molecular complexity index is 326. The number of hydrogen-bond donors (Lipinski definition) is 1. The van der Waals surface area contributed by atoms with Gasteiger partial charge in [0, 0.05) is 24.1 Å². The van der Waals surface area contributed by atoms with E-state index in [-0.39, 0.29) is 0 Å². The number of rotatable bonds is 6. The third kappa shape index (κ3) is 4.64. The molecular formula is C13H21BrN2. The molecule has 0 heterocycles. The van der Waals surface area contributed by atoms with Gasteiger partial charge in [0.2, 0.25) is 0 Å². The minimum absolute atomic E-state index is 0.947. The van der Waals surface area contributed by atoms with Gasteiger partial charge < -0.3 is 10.2 Å². The van der Waals surface area contributed by atoms with Crippen molar-refractivity contribution < 1.29 is 0 Å². The van der Waals surface area contributed by atoms with Crippen LogP contribution in [0.2, 0.25) is 0 Å². The highest BCUT2D eigenvalue weighted by molar-refractivity contribution is 9.10. The lowest BCUT2D eigenvalue weighted by Gasteiger charge is -2.14. The minimum atomic E-state index is 0.947. The Hall–Kier alpha value is -0.380. The van der Waals surface area contributed by atoms with Gasteiger partial charge in [-0.2, -0.15) is 0 Å². The van der Waals surface area contributed by atoms with Crippen molar-refractivity contribution in [3.05, 3.63) is 33.8 Å². The molecule has 0 bridgehead atoms. The van der Waals surface area contributed by atoms with Crippen LogP contribution in [-0.4, -0.2) is 31.6 Å². The number of halogens is 1. The number of hydrogen-bond acceptors (Lipinski definition) is 2. The van der Waals surface area contributed by atoms with E-state index in [0.29, 0.717) is 0 Å². The van der Waals surface area contributed by atoms with E-state index < -0.39 is 0 Å². The SMILES string of the molecule is CCN(C)CCNCc1cc(Br)ccc1C. The lowest BCUT2D eigenvalue weighted by Crippen LogP contribution is -2.28. The Kier molecular flexibility index (Phi) is 6.03. The average molecular weight is 285 g/mol. The topological polar surface area (TPSA) is 15.3 Å². The van der Waals surface area contributed by atoms with E-state index in [9.17, 15) is 0 Å². The predicted molar refractivity (Wildman–Crippen MR) is 73.8 cm³/mol. The fourth-order valence-corrected chi connectivity index (χ4v) is 1.89. The van der Waals surface area contributed by atoms with Crippen LogP contribution in [0.1, 0.15) is 18.1 Å². The molecule has 0 radical (unpaired) electrons. The van der Waals surface area contributed by atoms with Crippen LogP contribution in [0.3, 0.4) is 0 Å². The molecule has 90 valence electrons. The molecule has 1 rings (SSSR count). The van der Waals surface area contributed by atoms with Gasteiger partial charge in [0.25, 0.3) is 0 Å². The normalized spacial score (nSPS) is 11.1. The molecule has 2 nitrogen and oxygen atoms in total. The van der Waals surface area contributed by atoms with Gasteiger partial charge in [-0.15, -0.1) is 0 Å². The molecule has 0 aliphatic heterocycles. The van der Waals surface area contributed by atoms with Crippen LogP contribution < -0.4 is 5.32 Å². The van der Waals surface area contributed by atoms with Crippen LogP contribution in [0, 0.1) is 6.92 Å². The summed E-state index contributed by atoms with van der Waals surface area (Å²) in [6.45, 7) is 8.53. The van der Waals surface area contributed by atoms with Crippen LogP contribution in [0.15, 0.2) is 22.7 Å². The number of nitrogens with one attached hydrogen (secondary N) is 1. The third-order valence-electron chi connectivity index (χ3n) is 2.84. The highest BCUT2D eigenvalue weighted by Gasteiger charge is 1.99. The second-order valence-corrected chi connectivity index (χ2v) is 5.06. The van der Waals surface area contributed by atoms with Crippen molar-refractivity contribution in [2.45, 2.75) is 20.4 Å². The Balaban J connectivity index is 2.34. The number of nitrogens with zero attached hydrogens (tertiary/aromatic N) is 1. The summed E-state index contributed by atoms with van der Waals surface area (Å²) in [5.41, 5.74) is 2.72. The van der Waals surface area contributed by atoms with E-state index in [1.807, 2.05) is 0 Å². The Labute approximate surface area is 107 Å². The highest BCUT2D eigenvalue weighted by atomic mass is 79.9. The zero-order chi connectivity index (χ0) is 12.0. The van der Waals surface area contributed by atoms with Crippen LogP contribution >= 0.6 is 15.9 Å². The second kappa shape index (κ2) is 7.05. The zero-order valence-corrected chi connectivity index (χ0v) is 12.0. The molecule has 0 aromatic heterocycles. The van der Waals surface area contributed by atoms with Gasteiger partial charge in [-0.1, -0.05) is 28.9 Å². The summed E-state index contributed by atoms with van der Waals surface area (Å²) in [5, 5.41) is 3.47. The first kappa shape index (κ1) is 13.7. The molecule has 1 aromatic rings. The number of aryl methyl sites for hydroxylation is 1. The molecule has 16 heavy (non-hydrogen) atoms. The zero-order valence-electron chi connectivity index (χ0n) is 10.4. The van der Waals surface area contributed by atoms with E-state index in [1.165, 1.54) is 11.1 Å². The van der Waals surface area contributed by atoms with Gasteiger partial charge in [-0.25, -0.2) is 0 Å². The summed E-state index contributed by atoms with van der Waals surface area (Å²) in [7, 11) is 2.14. The van der Waals surface area contributed by atoms with Gasteiger partial charge in [0.1, 0.15) is 0 Å². The summed E-state index contributed by atoms with van der Waals surface area (Å²) in [5.74, 6) is 0. The van der Waals surface area contributed by atoms with Crippen LogP contribution in [-0.2, 0) is 6.54 Å². The Morgan fingerprint density at radius 3 is 2.81 bits per heavy atom. The smallest absolute Gasteiger partial charge is 0.0209 e. The maximum Gasteiger partial charge on any atom is 0.0209 e. The second-order valence-electron chi connectivity index (χ2n) is 4.14. The van der Waals surface area contributed by atoms with Crippen LogP contribution in [0.4, 0.5) is 0 Å². The van der Waals surface area contributed by atoms with Gasteiger partial charge in [-0.3, -0.25) is 0 Å². The minimum Gasteiger partial charge on any atom is -0.311 e. The van der Waals surface area contributed by atoms with Crippen LogP contribution in [0.25, 0.3) is 0 Å². The third-order valence-corrected chi connectivity index (χ3v) is 3.33. The van der Waals surface area contributed by atoms with Crippen LogP contribution in [0.5, 0.6) is 0 Å². The van der Waals surface area contributed by atoms with Crippen molar-refractivity contribution in [2.24, 2.45) is 0 Å². The van der Waals surface area contributed by atoms with Gasteiger partial charge >= 0.3 is 0 Å². The number of benzene rings is 1. The molecule has 0 aliphatic carbocycles. The van der Waals surface area contributed by atoms with E-state index in [0.717, 1.165) is 30.7 Å². The lowest BCUT2D eigenvalue weighted by atomic mass is 10.1. The summed E-state index contributed by atoms with van der Waals surface area (Å²) in [6, 6.07) is 6.43.